The van der Waals surface area contributed by atoms with Crippen LogP contribution in [0.4, 0.5) is 0 Å². The lowest BCUT2D eigenvalue weighted by atomic mass is 9.66. The van der Waals surface area contributed by atoms with Gasteiger partial charge in [-0.1, -0.05) is 6.42 Å². The van der Waals surface area contributed by atoms with Crippen molar-refractivity contribution < 1.29 is 157 Å². The van der Waals surface area contributed by atoms with Crippen molar-refractivity contribution in [3.63, 3.8) is 0 Å². The van der Waals surface area contributed by atoms with Crippen LogP contribution in [0.1, 0.15) is 141 Å². The minimum absolute atomic E-state index is 0.0463. The maximum atomic E-state index is 10.8. The zero-order valence-corrected chi connectivity index (χ0v) is 46.9. The van der Waals surface area contributed by atoms with E-state index in [1.165, 1.54) is 69.2 Å². The maximum Gasteiger partial charge on any atom is 0.371 e. The molecule has 0 spiro atoms. The number of aliphatic hydroxyl groups is 1. The SMILES string of the molecule is CC(=O)/C=C/C(=O)O.CC(=O)/C=C\C(=O)O.CC(=O)C(=O)O.CC(=O)C(C)(C)C(=O)O.CC(=O)C(C)C(=O)O.CC(=O)C(O)CC(=O)O.CC(=O)C1(C(=O)O)CC1.CC(=O)C1(C(=O)O)CCC1.CC(=O)CCC(=O)O.O=C(O)CC(=O)O. The first-order valence-electron chi connectivity index (χ1n) is 22.9. The summed E-state index contributed by atoms with van der Waals surface area (Å²) in [6.07, 6.45) is 4.04. The van der Waals surface area contributed by atoms with E-state index in [-0.39, 0.29) is 53.3 Å². The summed E-state index contributed by atoms with van der Waals surface area (Å²) in [5.74, 6) is -16.2. The van der Waals surface area contributed by atoms with Gasteiger partial charge in [0, 0.05) is 25.5 Å². The van der Waals surface area contributed by atoms with E-state index in [2.05, 4.69) is 0 Å². The Morgan fingerprint density at radius 3 is 0.829 bits per heavy atom. The molecule has 0 aromatic carbocycles. The fraction of sp³-hybridized carbons (Fsp3) is 0.520. The van der Waals surface area contributed by atoms with Gasteiger partial charge in [0.1, 0.15) is 63.6 Å². The number of hydrogen-bond acceptors (Lipinski definition) is 21. The zero-order chi connectivity index (χ0) is 67.4. The lowest BCUT2D eigenvalue weighted by Gasteiger charge is -2.34. The lowest BCUT2D eigenvalue weighted by molar-refractivity contribution is -0.160. The van der Waals surface area contributed by atoms with Crippen LogP contribution in [0, 0.1) is 22.2 Å². The molecule has 0 aromatic rings. The highest BCUT2D eigenvalue weighted by molar-refractivity contribution is 6.31. The Morgan fingerprint density at radius 1 is 0.463 bits per heavy atom. The first-order chi connectivity index (χ1) is 36.8. The molecule has 0 radical (unpaired) electrons. The first-order valence-corrected chi connectivity index (χ1v) is 22.9. The molecule has 82 heavy (non-hydrogen) atoms. The number of carboxylic acid groups (broad SMARTS) is 11. The molecule has 2 atom stereocenters. The van der Waals surface area contributed by atoms with Gasteiger partial charge in [-0.2, -0.15) is 0 Å². The summed E-state index contributed by atoms with van der Waals surface area (Å²) in [6.45, 7) is 15.5. The van der Waals surface area contributed by atoms with Crippen LogP contribution < -0.4 is 0 Å². The number of carboxylic acids is 11. The van der Waals surface area contributed by atoms with Crippen LogP contribution in [-0.4, -0.2) is 185 Å². The Morgan fingerprint density at radius 2 is 0.793 bits per heavy atom. The Kier molecular flexibility index (Phi) is 50.6. The van der Waals surface area contributed by atoms with E-state index in [4.69, 9.17) is 61.3 Å². The minimum atomic E-state index is -1.38. The van der Waals surface area contributed by atoms with Gasteiger partial charge in [-0.25, -0.2) is 14.4 Å². The van der Waals surface area contributed by atoms with Gasteiger partial charge in [0.15, 0.2) is 17.3 Å². The standard InChI is InChI=1S/C7H10O3.C6H8O3.C6H10O3.C5H8O4.C5H8O3.2C5H6O3.C5H8O3.C3H4O4.C3H4O3/c1-5(8)7(6(9)10)3-2-4-7;1-4(7)6(2-3-6)5(8)9;1-4(7)6(2,3)5(8)9;1-3(6)4(7)2-5(8)9;3*1-4(6)2-3-5(7)8;1-3(4(2)6)5(7)8;4-2(5)1-3(6)7;1-2(4)3(5)6/h2-4H2,1H3,(H,9,10);2-3H2,1H3,(H,8,9);1-3H3,(H,8,9);4,7H,2H2,1H3,(H,8,9);2-3H2,1H3,(H,7,8);2*2-3H,1H3,(H,7,8);3H,1-2H3,(H,7,8);1H2,(H,4,5)(H,6,7);1H3,(H,5,6)/b;;;;;3-2+;3-2-;;;. The Hall–Kier alpha value is -9.36. The van der Waals surface area contributed by atoms with Gasteiger partial charge in [0.25, 0.3) is 0 Å². The molecule has 2 rings (SSSR count). The predicted octanol–water partition coefficient (Wildman–Crippen LogP) is 1.74. The zero-order valence-electron chi connectivity index (χ0n) is 46.9. The number of Topliss-reactive ketones (excluding diaryl/α,β-unsaturated/α-hetero) is 7. The third-order valence-corrected chi connectivity index (χ3v) is 9.57. The molecule has 0 saturated heterocycles. The molecule has 2 saturated carbocycles. The average Bonchev–Trinajstić information content (AvgIpc) is 4.10. The van der Waals surface area contributed by atoms with E-state index < -0.39 is 118 Å². The molecule has 32 nitrogen and oxygen atoms in total. The number of aliphatic carboxylic acids is 11. The molecule has 0 aliphatic heterocycles. The number of carbonyl (C=O) groups excluding carboxylic acids is 9. The minimum Gasteiger partial charge on any atom is -0.481 e. The molecule has 12 N–H and O–H groups in total. The van der Waals surface area contributed by atoms with Gasteiger partial charge in [-0.15, -0.1) is 0 Å². The smallest absolute Gasteiger partial charge is 0.371 e. The second-order valence-corrected chi connectivity index (χ2v) is 17.1. The number of rotatable bonds is 21. The lowest BCUT2D eigenvalue weighted by Crippen LogP contribution is -2.43. The highest BCUT2D eigenvalue weighted by Crippen LogP contribution is 2.46. The van der Waals surface area contributed by atoms with Crippen molar-refractivity contribution in [2.75, 3.05) is 0 Å². The summed E-state index contributed by atoms with van der Waals surface area (Å²) in [4.78, 5) is 200. The Balaban J connectivity index is -0.000000124. The van der Waals surface area contributed by atoms with Crippen molar-refractivity contribution in [3.05, 3.63) is 24.3 Å². The topological polar surface area (TPSA) is 584 Å². The molecule has 0 heterocycles. The number of carbonyl (C=O) groups is 20. The fourth-order valence-corrected chi connectivity index (χ4v) is 3.51. The molecule has 0 amide bonds. The molecule has 0 bridgehead atoms. The van der Waals surface area contributed by atoms with Gasteiger partial charge in [-0.05, 0) is 114 Å². The molecular weight excluding hydrogens is 1110 g/mol. The molecule has 2 unspecified atom stereocenters. The molecule has 2 fully saturated rings. The van der Waals surface area contributed by atoms with Crippen LogP contribution in [0.3, 0.4) is 0 Å². The van der Waals surface area contributed by atoms with Crippen molar-refractivity contribution in [1.82, 2.24) is 0 Å². The van der Waals surface area contributed by atoms with E-state index in [1.807, 2.05) is 0 Å². The van der Waals surface area contributed by atoms with E-state index in [1.54, 1.807) is 0 Å². The largest absolute Gasteiger partial charge is 0.481 e. The summed E-state index contributed by atoms with van der Waals surface area (Å²) in [7, 11) is 0. The molecular formula is C50H72O32. The van der Waals surface area contributed by atoms with Crippen LogP contribution in [0.2, 0.25) is 0 Å². The van der Waals surface area contributed by atoms with Crippen molar-refractivity contribution in [1.29, 1.82) is 0 Å². The highest BCUT2D eigenvalue weighted by Gasteiger charge is 2.54. The molecule has 464 valence electrons. The van der Waals surface area contributed by atoms with E-state index >= 15 is 0 Å². The van der Waals surface area contributed by atoms with Crippen molar-refractivity contribution in [2.24, 2.45) is 22.2 Å². The fourth-order valence-electron chi connectivity index (χ4n) is 3.51. The quantitative estimate of drug-likeness (QED) is 0.0442. The van der Waals surface area contributed by atoms with Crippen LogP contribution in [0.25, 0.3) is 0 Å². The molecule has 32 heteroatoms. The second-order valence-electron chi connectivity index (χ2n) is 17.1. The van der Waals surface area contributed by atoms with Crippen molar-refractivity contribution >= 4 is 118 Å². The van der Waals surface area contributed by atoms with E-state index in [0.717, 1.165) is 44.6 Å². The summed E-state index contributed by atoms with van der Waals surface area (Å²) >= 11 is 0. The van der Waals surface area contributed by atoms with Crippen LogP contribution in [-0.2, 0) is 95.9 Å². The highest BCUT2D eigenvalue weighted by atomic mass is 16.4. The van der Waals surface area contributed by atoms with E-state index in [9.17, 15) is 95.9 Å². The van der Waals surface area contributed by atoms with Gasteiger partial charge >= 0.3 is 65.7 Å². The second kappa shape index (κ2) is 46.5. The van der Waals surface area contributed by atoms with Crippen LogP contribution in [0.5, 0.6) is 0 Å². The number of ketones is 9. The summed E-state index contributed by atoms with van der Waals surface area (Å²) in [5.41, 5.74) is -3.19. The van der Waals surface area contributed by atoms with E-state index in [0.29, 0.717) is 25.7 Å². The van der Waals surface area contributed by atoms with Crippen molar-refractivity contribution in [2.45, 2.75) is 147 Å². The number of hydrogen-bond donors (Lipinski definition) is 12. The van der Waals surface area contributed by atoms with Crippen LogP contribution in [0.15, 0.2) is 24.3 Å². The van der Waals surface area contributed by atoms with Crippen molar-refractivity contribution in [3.8, 4) is 0 Å². The van der Waals surface area contributed by atoms with Gasteiger partial charge in [-0.3, -0.25) is 76.7 Å². The number of allylic oxidation sites excluding steroid dienone is 2. The molecule has 2 aliphatic carbocycles. The average molecular weight is 1190 g/mol. The third kappa shape index (κ3) is 55.4. The monoisotopic (exact) mass is 1180 g/mol. The summed E-state index contributed by atoms with van der Waals surface area (Å²) in [6, 6.07) is 0. The Bertz CT molecular complexity index is 2180. The third-order valence-electron chi connectivity index (χ3n) is 9.57. The number of aliphatic hydroxyl groups excluding tert-OH is 1. The van der Waals surface area contributed by atoms with Crippen LogP contribution >= 0.6 is 0 Å². The van der Waals surface area contributed by atoms with Gasteiger partial charge < -0.3 is 66.1 Å². The molecule has 2 aliphatic rings. The normalized spacial score (nSPS) is 12.7. The van der Waals surface area contributed by atoms with Gasteiger partial charge in [0.2, 0.25) is 5.78 Å². The Labute approximate surface area is 467 Å². The predicted molar refractivity (Wildman–Crippen MR) is 274 cm³/mol. The maximum absolute atomic E-state index is 10.8. The first kappa shape index (κ1) is 89.2. The summed E-state index contributed by atoms with van der Waals surface area (Å²) in [5, 5.41) is 97.1. The van der Waals surface area contributed by atoms with Gasteiger partial charge in [0.05, 0.1) is 12.8 Å². The summed E-state index contributed by atoms with van der Waals surface area (Å²) < 4.78 is 0. The molecule has 0 aromatic heterocycles.